The SMILES string of the molecule is C#CC(C)(C)NC(=O)c1cc(C)sn1. The van der Waals surface area contributed by atoms with Crippen LogP contribution >= 0.6 is 11.5 Å². The molecular weight excluding hydrogens is 196 g/mol. The summed E-state index contributed by atoms with van der Waals surface area (Å²) in [5.74, 6) is 2.27. The molecule has 74 valence electrons. The molecule has 0 aromatic carbocycles. The molecule has 0 aliphatic carbocycles. The number of nitrogens with one attached hydrogen (secondary N) is 1. The van der Waals surface area contributed by atoms with Crippen LogP contribution in [-0.4, -0.2) is 15.8 Å². The molecule has 0 aliphatic heterocycles. The zero-order valence-electron chi connectivity index (χ0n) is 8.42. The van der Waals surface area contributed by atoms with Crippen LogP contribution in [0.25, 0.3) is 0 Å². The van der Waals surface area contributed by atoms with Crippen LogP contribution in [0.5, 0.6) is 0 Å². The lowest BCUT2D eigenvalue weighted by Gasteiger charge is -2.18. The highest BCUT2D eigenvalue weighted by molar-refractivity contribution is 7.05. The van der Waals surface area contributed by atoms with Crippen LogP contribution in [0.4, 0.5) is 0 Å². The third-order valence-corrected chi connectivity index (χ3v) is 2.34. The maximum absolute atomic E-state index is 11.6. The molecular formula is C10H12N2OS. The standard InChI is InChI=1S/C10H12N2OS/c1-5-10(3,4)11-9(13)8-6-7(2)14-12-8/h1,6H,2-4H3,(H,11,13). The normalized spacial score (nSPS) is 10.7. The average Bonchev–Trinajstić information content (AvgIpc) is 2.51. The highest BCUT2D eigenvalue weighted by atomic mass is 32.1. The predicted octanol–water partition coefficient (Wildman–Crippen LogP) is 1.59. The van der Waals surface area contributed by atoms with Crippen LogP contribution in [0.1, 0.15) is 29.2 Å². The maximum Gasteiger partial charge on any atom is 0.272 e. The minimum Gasteiger partial charge on any atom is -0.335 e. The summed E-state index contributed by atoms with van der Waals surface area (Å²) in [4.78, 5) is 12.6. The van der Waals surface area contributed by atoms with Gasteiger partial charge < -0.3 is 5.32 Å². The van der Waals surface area contributed by atoms with Gasteiger partial charge in [0, 0.05) is 4.88 Å². The van der Waals surface area contributed by atoms with Crippen LogP contribution < -0.4 is 5.32 Å². The molecule has 1 aromatic heterocycles. The van der Waals surface area contributed by atoms with Crippen molar-refractivity contribution in [3.63, 3.8) is 0 Å². The summed E-state index contributed by atoms with van der Waals surface area (Å²) in [6.45, 7) is 5.44. The Hall–Kier alpha value is -1.34. The lowest BCUT2D eigenvalue weighted by Crippen LogP contribution is -2.42. The van der Waals surface area contributed by atoms with Gasteiger partial charge in [0.1, 0.15) is 5.69 Å². The molecule has 0 saturated carbocycles. The Balaban J connectivity index is 2.74. The molecule has 1 amide bonds. The summed E-state index contributed by atoms with van der Waals surface area (Å²) in [6, 6.07) is 1.74. The average molecular weight is 208 g/mol. The molecule has 14 heavy (non-hydrogen) atoms. The third kappa shape index (κ3) is 2.57. The van der Waals surface area contributed by atoms with Gasteiger partial charge in [-0.2, -0.15) is 4.37 Å². The van der Waals surface area contributed by atoms with E-state index in [2.05, 4.69) is 15.6 Å². The second kappa shape index (κ2) is 3.81. The van der Waals surface area contributed by atoms with Crippen molar-refractivity contribution in [1.82, 2.24) is 9.69 Å². The first-order valence-electron chi connectivity index (χ1n) is 4.18. The van der Waals surface area contributed by atoms with E-state index >= 15 is 0 Å². The monoisotopic (exact) mass is 208 g/mol. The highest BCUT2D eigenvalue weighted by Crippen LogP contribution is 2.09. The molecule has 1 heterocycles. The topological polar surface area (TPSA) is 42.0 Å². The van der Waals surface area contributed by atoms with Gasteiger partial charge >= 0.3 is 0 Å². The Morgan fingerprint density at radius 3 is 2.79 bits per heavy atom. The Morgan fingerprint density at radius 1 is 1.71 bits per heavy atom. The largest absolute Gasteiger partial charge is 0.335 e. The van der Waals surface area contributed by atoms with Crippen LogP contribution in [0.15, 0.2) is 6.07 Å². The zero-order chi connectivity index (χ0) is 10.8. The number of nitrogens with zero attached hydrogens (tertiary/aromatic N) is 1. The number of rotatable bonds is 2. The molecule has 0 aliphatic rings. The van der Waals surface area contributed by atoms with Gasteiger partial charge in [0.15, 0.2) is 0 Å². The van der Waals surface area contributed by atoms with Gasteiger partial charge in [-0.1, -0.05) is 5.92 Å². The van der Waals surface area contributed by atoms with Gasteiger partial charge in [-0.3, -0.25) is 4.79 Å². The fourth-order valence-corrected chi connectivity index (χ4v) is 1.40. The van der Waals surface area contributed by atoms with Crippen molar-refractivity contribution in [2.45, 2.75) is 26.3 Å². The fourth-order valence-electron chi connectivity index (χ4n) is 0.857. The first kappa shape index (κ1) is 10.7. The molecule has 4 heteroatoms. The number of amides is 1. The van der Waals surface area contributed by atoms with E-state index in [1.54, 1.807) is 19.9 Å². The van der Waals surface area contributed by atoms with E-state index in [0.29, 0.717) is 5.69 Å². The summed E-state index contributed by atoms with van der Waals surface area (Å²) in [6.07, 6.45) is 5.26. The third-order valence-electron chi connectivity index (χ3n) is 1.65. The van der Waals surface area contributed by atoms with E-state index < -0.39 is 5.54 Å². The number of aryl methyl sites for hydroxylation is 1. The summed E-state index contributed by atoms with van der Waals surface area (Å²) >= 11 is 1.30. The van der Waals surface area contributed by atoms with E-state index in [1.165, 1.54) is 11.5 Å². The first-order chi connectivity index (χ1) is 6.44. The number of aromatic nitrogens is 1. The number of carbonyl (C=O) groups excluding carboxylic acids is 1. The van der Waals surface area contributed by atoms with Gasteiger partial charge in [-0.15, -0.1) is 6.42 Å². The van der Waals surface area contributed by atoms with Crippen LogP contribution in [0.3, 0.4) is 0 Å². The van der Waals surface area contributed by atoms with Gasteiger partial charge in [0.05, 0.1) is 5.54 Å². The van der Waals surface area contributed by atoms with Crippen molar-refractivity contribution in [2.24, 2.45) is 0 Å². The zero-order valence-corrected chi connectivity index (χ0v) is 9.23. The first-order valence-corrected chi connectivity index (χ1v) is 4.95. The van der Waals surface area contributed by atoms with Crippen LogP contribution in [0, 0.1) is 19.3 Å². The summed E-state index contributed by atoms with van der Waals surface area (Å²) in [5.41, 5.74) is -0.204. The Morgan fingerprint density at radius 2 is 2.36 bits per heavy atom. The molecule has 0 saturated heterocycles. The minimum absolute atomic E-state index is 0.225. The van der Waals surface area contributed by atoms with Crippen molar-refractivity contribution in [3.05, 3.63) is 16.6 Å². The lowest BCUT2D eigenvalue weighted by atomic mass is 10.1. The molecule has 3 nitrogen and oxygen atoms in total. The smallest absolute Gasteiger partial charge is 0.272 e. The minimum atomic E-state index is -0.630. The van der Waals surface area contributed by atoms with Gasteiger partial charge in [-0.25, -0.2) is 0 Å². The van der Waals surface area contributed by atoms with E-state index in [1.807, 2.05) is 6.92 Å². The van der Waals surface area contributed by atoms with E-state index in [9.17, 15) is 4.79 Å². The lowest BCUT2D eigenvalue weighted by molar-refractivity contribution is 0.0926. The molecule has 1 aromatic rings. The molecule has 0 atom stereocenters. The van der Waals surface area contributed by atoms with Crippen molar-refractivity contribution in [1.29, 1.82) is 0 Å². The molecule has 0 bridgehead atoms. The maximum atomic E-state index is 11.6. The molecule has 1 rings (SSSR count). The second-order valence-corrected chi connectivity index (χ2v) is 4.56. The van der Waals surface area contributed by atoms with E-state index in [-0.39, 0.29) is 5.91 Å². The van der Waals surface area contributed by atoms with Crippen molar-refractivity contribution < 1.29 is 4.79 Å². The quantitative estimate of drug-likeness (QED) is 0.750. The van der Waals surface area contributed by atoms with Gasteiger partial charge in [0.2, 0.25) is 0 Å². The van der Waals surface area contributed by atoms with Crippen molar-refractivity contribution >= 4 is 17.4 Å². The van der Waals surface area contributed by atoms with E-state index in [0.717, 1.165) is 4.88 Å². The second-order valence-electron chi connectivity index (χ2n) is 3.55. The van der Waals surface area contributed by atoms with E-state index in [4.69, 9.17) is 6.42 Å². The molecule has 0 fully saturated rings. The predicted molar refractivity (Wildman–Crippen MR) is 57.2 cm³/mol. The Labute approximate surface area is 87.7 Å². The molecule has 1 N–H and O–H groups in total. The summed E-state index contributed by atoms with van der Waals surface area (Å²) < 4.78 is 4.00. The van der Waals surface area contributed by atoms with Gasteiger partial charge in [-0.05, 0) is 38.4 Å². The number of hydrogen-bond acceptors (Lipinski definition) is 3. The number of terminal acetylenes is 1. The summed E-state index contributed by atoms with van der Waals surface area (Å²) in [7, 11) is 0. The Kier molecular flexibility index (Phi) is 2.92. The molecule has 0 spiro atoms. The van der Waals surface area contributed by atoms with Gasteiger partial charge in [0.25, 0.3) is 5.91 Å². The Bertz CT molecular complexity index is 387. The summed E-state index contributed by atoms with van der Waals surface area (Å²) in [5, 5.41) is 2.70. The molecule has 0 unspecified atom stereocenters. The molecule has 0 radical (unpaired) electrons. The number of carbonyl (C=O) groups is 1. The van der Waals surface area contributed by atoms with Crippen LogP contribution in [-0.2, 0) is 0 Å². The fraction of sp³-hybridized carbons (Fsp3) is 0.400. The highest BCUT2D eigenvalue weighted by Gasteiger charge is 2.19. The van der Waals surface area contributed by atoms with Crippen LogP contribution in [0.2, 0.25) is 0 Å². The number of hydrogen-bond donors (Lipinski definition) is 1. The van der Waals surface area contributed by atoms with Crippen molar-refractivity contribution in [3.8, 4) is 12.3 Å². The van der Waals surface area contributed by atoms with Crippen molar-refractivity contribution in [2.75, 3.05) is 0 Å².